The third-order valence-corrected chi connectivity index (χ3v) is 3.82. The molecule has 3 amide bonds. The zero-order valence-corrected chi connectivity index (χ0v) is 12.3. The Hall–Kier alpha value is -1.79. The Balaban J connectivity index is 2.58. The summed E-state index contributed by atoms with van der Waals surface area (Å²) in [6.45, 7) is 2.70. The molecule has 0 spiro atoms. The molecular weight excluding hydrogens is 262 g/mol. The van der Waals surface area contributed by atoms with Crippen LogP contribution in [-0.4, -0.2) is 66.0 Å². The van der Waals surface area contributed by atoms with Crippen LogP contribution in [0.15, 0.2) is 0 Å². The molecule has 1 rings (SSSR count). The molecule has 0 aromatic carbocycles. The van der Waals surface area contributed by atoms with E-state index in [1.807, 2.05) is 0 Å². The van der Waals surface area contributed by atoms with E-state index < -0.39 is 12.0 Å². The van der Waals surface area contributed by atoms with Crippen LogP contribution < -0.4 is 5.32 Å². The second kappa shape index (κ2) is 7.12. The van der Waals surface area contributed by atoms with Gasteiger partial charge in [-0.3, -0.25) is 4.79 Å². The fraction of sp³-hybridized carbons (Fsp3) is 0.769. The largest absolute Gasteiger partial charge is 0.480 e. The molecule has 1 saturated heterocycles. The number of nitrogens with one attached hydrogen (secondary N) is 1. The van der Waals surface area contributed by atoms with Crippen LogP contribution in [0.4, 0.5) is 4.79 Å². The van der Waals surface area contributed by atoms with Crippen LogP contribution in [0.3, 0.4) is 0 Å². The van der Waals surface area contributed by atoms with E-state index in [2.05, 4.69) is 5.32 Å². The van der Waals surface area contributed by atoms with E-state index in [0.29, 0.717) is 32.4 Å². The Morgan fingerprint density at radius 2 is 1.90 bits per heavy atom. The molecule has 1 unspecified atom stereocenters. The molecule has 2 N–H and O–H groups in total. The zero-order chi connectivity index (χ0) is 15.3. The van der Waals surface area contributed by atoms with Gasteiger partial charge in [0.15, 0.2) is 0 Å². The molecule has 20 heavy (non-hydrogen) atoms. The number of rotatable bonds is 4. The Kier molecular flexibility index (Phi) is 5.79. The standard InChI is InChI=1S/C13H23N3O4/c1-4-10(12(18)19)15(3)13(20)16-7-5-9(6-8-16)11(17)14-2/h9-10H,4-8H2,1-3H3,(H,14,17)(H,18,19). The minimum atomic E-state index is -0.997. The van der Waals surface area contributed by atoms with Gasteiger partial charge in [-0.25, -0.2) is 9.59 Å². The number of carbonyl (C=O) groups is 3. The number of carboxylic acid groups (broad SMARTS) is 1. The van der Waals surface area contributed by atoms with E-state index in [-0.39, 0.29) is 17.9 Å². The quantitative estimate of drug-likeness (QED) is 0.780. The lowest BCUT2D eigenvalue weighted by atomic mass is 9.96. The average Bonchev–Trinajstić information content (AvgIpc) is 2.46. The van der Waals surface area contributed by atoms with Crippen LogP contribution in [0.5, 0.6) is 0 Å². The minimum absolute atomic E-state index is 0.00224. The van der Waals surface area contributed by atoms with Gasteiger partial charge in [0.2, 0.25) is 5.91 Å². The van der Waals surface area contributed by atoms with Crippen LogP contribution in [-0.2, 0) is 9.59 Å². The maximum Gasteiger partial charge on any atom is 0.326 e. The van der Waals surface area contributed by atoms with E-state index >= 15 is 0 Å². The highest BCUT2D eigenvalue weighted by atomic mass is 16.4. The summed E-state index contributed by atoms with van der Waals surface area (Å²) in [6.07, 6.45) is 1.60. The number of hydrogen-bond donors (Lipinski definition) is 2. The summed E-state index contributed by atoms with van der Waals surface area (Å²) in [7, 11) is 3.11. The van der Waals surface area contributed by atoms with Gasteiger partial charge in [-0.05, 0) is 19.3 Å². The van der Waals surface area contributed by atoms with Crippen molar-refractivity contribution in [1.82, 2.24) is 15.1 Å². The van der Waals surface area contributed by atoms with Crippen LogP contribution in [0.2, 0.25) is 0 Å². The van der Waals surface area contributed by atoms with Gasteiger partial charge in [0.25, 0.3) is 0 Å². The van der Waals surface area contributed by atoms with E-state index in [1.54, 1.807) is 18.9 Å². The topological polar surface area (TPSA) is 90.0 Å². The molecule has 1 fully saturated rings. The molecule has 1 atom stereocenters. The van der Waals surface area contributed by atoms with Crippen LogP contribution in [0.25, 0.3) is 0 Å². The lowest BCUT2D eigenvalue weighted by molar-refractivity contribution is -0.142. The van der Waals surface area contributed by atoms with Gasteiger partial charge in [0.05, 0.1) is 0 Å². The first-order chi connectivity index (χ1) is 9.42. The highest BCUT2D eigenvalue weighted by Gasteiger charge is 2.31. The molecule has 114 valence electrons. The Bertz CT molecular complexity index is 378. The van der Waals surface area contributed by atoms with Crippen molar-refractivity contribution in [3.05, 3.63) is 0 Å². The predicted molar refractivity (Wildman–Crippen MR) is 73.2 cm³/mol. The third-order valence-electron chi connectivity index (χ3n) is 3.82. The molecule has 0 aromatic rings. The molecule has 7 nitrogen and oxygen atoms in total. The van der Waals surface area contributed by atoms with Crippen molar-refractivity contribution in [1.29, 1.82) is 0 Å². The Morgan fingerprint density at radius 3 is 2.30 bits per heavy atom. The summed E-state index contributed by atoms with van der Waals surface area (Å²) in [6, 6.07) is -1.09. The summed E-state index contributed by atoms with van der Waals surface area (Å²) >= 11 is 0. The van der Waals surface area contributed by atoms with Gasteiger partial charge >= 0.3 is 12.0 Å². The first-order valence-electron chi connectivity index (χ1n) is 6.88. The van der Waals surface area contributed by atoms with Gasteiger partial charge in [0, 0.05) is 33.1 Å². The summed E-state index contributed by atoms with van der Waals surface area (Å²) in [4.78, 5) is 37.7. The van der Waals surface area contributed by atoms with E-state index in [0.717, 1.165) is 0 Å². The van der Waals surface area contributed by atoms with Crippen molar-refractivity contribution in [2.45, 2.75) is 32.2 Å². The Labute approximate surface area is 118 Å². The second-order valence-corrected chi connectivity index (χ2v) is 5.03. The van der Waals surface area contributed by atoms with Crippen molar-refractivity contribution in [2.24, 2.45) is 5.92 Å². The van der Waals surface area contributed by atoms with Gasteiger partial charge < -0.3 is 20.2 Å². The highest BCUT2D eigenvalue weighted by Crippen LogP contribution is 2.19. The number of amides is 3. The minimum Gasteiger partial charge on any atom is -0.480 e. The number of hydrogen-bond acceptors (Lipinski definition) is 3. The summed E-state index contributed by atoms with van der Waals surface area (Å²) in [5.74, 6) is -1.05. The molecule has 0 saturated carbocycles. The van der Waals surface area contributed by atoms with Crippen LogP contribution in [0.1, 0.15) is 26.2 Å². The Morgan fingerprint density at radius 1 is 1.35 bits per heavy atom. The molecular formula is C13H23N3O4. The average molecular weight is 285 g/mol. The van der Waals surface area contributed by atoms with Crippen molar-refractivity contribution >= 4 is 17.9 Å². The SMILES string of the molecule is CCC(C(=O)O)N(C)C(=O)N1CCC(C(=O)NC)CC1. The van der Waals surface area contributed by atoms with E-state index in [1.165, 1.54) is 11.9 Å². The molecule has 1 aliphatic heterocycles. The summed E-state index contributed by atoms with van der Waals surface area (Å²) in [5.41, 5.74) is 0. The number of likely N-dealkylation sites (tertiary alicyclic amines) is 1. The predicted octanol–water partition coefficient (Wildman–Crippen LogP) is 0.359. The monoisotopic (exact) mass is 285 g/mol. The first-order valence-corrected chi connectivity index (χ1v) is 6.88. The molecule has 0 aromatic heterocycles. The molecule has 1 heterocycles. The molecule has 0 bridgehead atoms. The highest BCUT2D eigenvalue weighted by molar-refractivity contribution is 5.83. The first kappa shape index (κ1) is 16.3. The van der Waals surface area contributed by atoms with Gasteiger partial charge in [-0.2, -0.15) is 0 Å². The number of aliphatic carboxylic acids is 1. The lowest BCUT2D eigenvalue weighted by Crippen LogP contribution is -2.51. The number of urea groups is 1. The maximum atomic E-state index is 12.2. The third kappa shape index (κ3) is 3.61. The number of piperidine rings is 1. The van der Waals surface area contributed by atoms with Crippen molar-refractivity contribution in [3.8, 4) is 0 Å². The molecule has 0 radical (unpaired) electrons. The van der Waals surface area contributed by atoms with Crippen LogP contribution >= 0.6 is 0 Å². The van der Waals surface area contributed by atoms with E-state index in [4.69, 9.17) is 5.11 Å². The van der Waals surface area contributed by atoms with Gasteiger partial charge in [-0.1, -0.05) is 6.92 Å². The van der Waals surface area contributed by atoms with Gasteiger partial charge in [0.1, 0.15) is 6.04 Å². The van der Waals surface area contributed by atoms with Crippen molar-refractivity contribution in [3.63, 3.8) is 0 Å². The number of likely N-dealkylation sites (N-methyl/N-ethyl adjacent to an activating group) is 1. The van der Waals surface area contributed by atoms with Crippen LogP contribution in [0, 0.1) is 5.92 Å². The fourth-order valence-electron chi connectivity index (χ4n) is 2.51. The molecule has 0 aliphatic carbocycles. The second-order valence-electron chi connectivity index (χ2n) is 5.03. The molecule has 1 aliphatic rings. The fourth-order valence-corrected chi connectivity index (χ4v) is 2.51. The summed E-state index contributed by atoms with van der Waals surface area (Å²) in [5, 5.41) is 11.7. The van der Waals surface area contributed by atoms with Crippen molar-refractivity contribution < 1.29 is 19.5 Å². The zero-order valence-electron chi connectivity index (χ0n) is 12.3. The van der Waals surface area contributed by atoms with E-state index in [9.17, 15) is 14.4 Å². The number of nitrogens with zero attached hydrogens (tertiary/aromatic N) is 2. The lowest BCUT2D eigenvalue weighted by Gasteiger charge is -2.35. The number of carboxylic acids is 1. The molecule has 7 heteroatoms. The van der Waals surface area contributed by atoms with Crippen molar-refractivity contribution in [2.75, 3.05) is 27.2 Å². The number of carbonyl (C=O) groups excluding carboxylic acids is 2. The normalized spacial score (nSPS) is 17.4. The van der Waals surface area contributed by atoms with Gasteiger partial charge in [-0.15, -0.1) is 0 Å². The smallest absolute Gasteiger partial charge is 0.326 e. The summed E-state index contributed by atoms with van der Waals surface area (Å²) < 4.78 is 0. The maximum absolute atomic E-state index is 12.2.